The molecule has 3 atom stereocenters. The van der Waals surface area contributed by atoms with Crippen molar-refractivity contribution in [3.63, 3.8) is 0 Å². The van der Waals surface area contributed by atoms with Crippen LogP contribution < -0.4 is 5.43 Å². The molecule has 2 fully saturated rings. The molecule has 2 aliphatic rings. The molecule has 4 heteroatoms. The zero-order valence-electron chi connectivity index (χ0n) is 11.6. The third-order valence-electron chi connectivity index (χ3n) is 5.30. The Balaban J connectivity index is 1.69. The number of fused-ring (bicyclic) bond motifs is 2. The fourth-order valence-corrected chi connectivity index (χ4v) is 4.21. The van der Waals surface area contributed by atoms with E-state index >= 15 is 0 Å². The molecule has 0 aliphatic heterocycles. The lowest BCUT2D eigenvalue weighted by Crippen LogP contribution is -2.34. The van der Waals surface area contributed by atoms with Crippen LogP contribution in [-0.2, 0) is 0 Å². The van der Waals surface area contributed by atoms with Crippen LogP contribution in [0.3, 0.4) is 0 Å². The molecule has 102 valence electrons. The number of carbonyl (C=O) groups excluding carboxylic acids is 1. The number of thiophene rings is 1. The van der Waals surface area contributed by atoms with Gasteiger partial charge in [0.2, 0.25) is 0 Å². The van der Waals surface area contributed by atoms with E-state index in [1.165, 1.54) is 23.5 Å². The highest BCUT2D eigenvalue weighted by Crippen LogP contribution is 2.57. The van der Waals surface area contributed by atoms with Crippen LogP contribution in [0.1, 0.15) is 43.3 Å². The first kappa shape index (κ1) is 12.9. The zero-order chi connectivity index (χ0) is 13.6. The fraction of sp³-hybridized carbons (Fsp3) is 0.600. The van der Waals surface area contributed by atoms with Crippen molar-refractivity contribution in [3.05, 3.63) is 22.4 Å². The van der Waals surface area contributed by atoms with Crippen LogP contribution >= 0.6 is 11.3 Å². The van der Waals surface area contributed by atoms with Gasteiger partial charge in [-0.05, 0) is 41.5 Å². The van der Waals surface area contributed by atoms with E-state index in [-0.39, 0.29) is 5.91 Å². The molecule has 0 saturated heterocycles. The second-order valence-corrected chi connectivity index (χ2v) is 7.32. The van der Waals surface area contributed by atoms with E-state index in [0.717, 1.165) is 17.2 Å². The third kappa shape index (κ3) is 2.02. The molecule has 0 unspecified atom stereocenters. The summed E-state index contributed by atoms with van der Waals surface area (Å²) in [4.78, 5) is 12.6. The van der Waals surface area contributed by atoms with Crippen LogP contribution in [-0.4, -0.2) is 11.6 Å². The summed E-state index contributed by atoms with van der Waals surface area (Å²) >= 11 is 1.45. The van der Waals surface area contributed by atoms with Crippen molar-refractivity contribution in [3.8, 4) is 0 Å². The topological polar surface area (TPSA) is 41.5 Å². The van der Waals surface area contributed by atoms with Crippen molar-refractivity contribution in [2.45, 2.75) is 33.6 Å². The molecule has 19 heavy (non-hydrogen) atoms. The standard InChI is InChI=1S/C15H20N2OS/c1-9-11-7-10(15(9,2)3)8-12(11)16-17-14(18)13-5-4-6-19-13/h4-6,9-11H,7-8H2,1-3H3,(H,17,18)/t9-,10+,11+/m1/s1. The lowest BCUT2D eigenvalue weighted by Gasteiger charge is -2.36. The maximum absolute atomic E-state index is 11.9. The van der Waals surface area contributed by atoms with Gasteiger partial charge in [0.05, 0.1) is 4.88 Å². The Labute approximate surface area is 118 Å². The Kier molecular flexibility index (Phi) is 3.01. The molecule has 3 nitrogen and oxygen atoms in total. The Morgan fingerprint density at radius 1 is 1.53 bits per heavy atom. The molecule has 2 saturated carbocycles. The van der Waals surface area contributed by atoms with Gasteiger partial charge in [0.15, 0.2) is 0 Å². The van der Waals surface area contributed by atoms with E-state index in [4.69, 9.17) is 0 Å². The van der Waals surface area contributed by atoms with Crippen molar-refractivity contribution in [1.82, 2.24) is 5.43 Å². The Morgan fingerprint density at radius 3 is 2.89 bits per heavy atom. The minimum Gasteiger partial charge on any atom is -0.266 e. The van der Waals surface area contributed by atoms with E-state index in [1.807, 2.05) is 17.5 Å². The first-order chi connectivity index (χ1) is 9.00. The fourth-order valence-electron chi connectivity index (χ4n) is 3.59. The number of hydrogen-bond donors (Lipinski definition) is 1. The van der Waals surface area contributed by atoms with Gasteiger partial charge in [0.1, 0.15) is 0 Å². The molecule has 1 aromatic rings. The van der Waals surface area contributed by atoms with Gasteiger partial charge < -0.3 is 0 Å². The van der Waals surface area contributed by atoms with Gasteiger partial charge in [0.25, 0.3) is 5.91 Å². The van der Waals surface area contributed by atoms with Gasteiger partial charge in [-0.2, -0.15) is 5.10 Å². The predicted octanol–water partition coefficient (Wildman–Crippen LogP) is 3.54. The summed E-state index contributed by atoms with van der Waals surface area (Å²) in [5, 5.41) is 6.31. The van der Waals surface area contributed by atoms with Gasteiger partial charge in [0, 0.05) is 11.6 Å². The first-order valence-corrected chi connectivity index (χ1v) is 7.78. The Bertz CT molecular complexity index is 514. The summed E-state index contributed by atoms with van der Waals surface area (Å²) in [5.41, 5.74) is 4.33. The summed E-state index contributed by atoms with van der Waals surface area (Å²) in [6.07, 6.45) is 2.29. The number of nitrogens with zero attached hydrogens (tertiary/aromatic N) is 1. The van der Waals surface area contributed by atoms with Crippen molar-refractivity contribution in [2.24, 2.45) is 28.3 Å². The van der Waals surface area contributed by atoms with Gasteiger partial charge in [-0.15, -0.1) is 11.3 Å². The molecule has 2 bridgehead atoms. The molecular weight excluding hydrogens is 256 g/mol. The second kappa shape index (κ2) is 4.44. The SMILES string of the molecule is C[C@@H]1[C@@H]2C[C@@H](CC2=NNC(=O)c2cccs2)C1(C)C. The monoisotopic (exact) mass is 276 g/mol. The zero-order valence-corrected chi connectivity index (χ0v) is 12.5. The summed E-state index contributed by atoms with van der Waals surface area (Å²) < 4.78 is 0. The van der Waals surface area contributed by atoms with Crippen molar-refractivity contribution < 1.29 is 4.79 Å². The van der Waals surface area contributed by atoms with E-state index in [9.17, 15) is 4.79 Å². The summed E-state index contributed by atoms with van der Waals surface area (Å²) in [7, 11) is 0. The molecule has 3 rings (SSSR count). The molecule has 2 aliphatic carbocycles. The predicted molar refractivity (Wildman–Crippen MR) is 78.4 cm³/mol. The summed E-state index contributed by atoms with van der Waals surface area (Å²) in [5.74, 6) is 1.86. The molecule has 1 amide bonds. The molecular formula is C15H20N2OS. The highest BCUT2D eigenvalue weighted by molar-refractivity contribution is 7.12. The van der Waals surface area contributed by atoms with Crippen molar-refractivity contribution in [2.75, 3.05) is 0 Å². The van der Waals surface area contributed by atoms with Crippen LogP contribution in [0.25, 0.3) is 0 Å². The number of carbonyl (C=O) groups is 1. The highest BCUT2D eigenvalue weighted by Gasteiger charge is 2.53. The molecule has 1 heterocycles. The Hall–Kier alpha value is -1.16. The molecule has 0 aromatic carbocycles. The minimum atomic E-state index is -0.0859. The number of amides is 1. The Morgan fingerprint density at radius 2 is 2.32 bits per heavy atom. The minimum absolute atomic E-state index is 0.0859. The molecule has 0 radical (unpaired) electrons. The van der Waals surface area contributed by atoms with Crippen LogP contribution in [0.4, 0.5) is 0 Å². The molecule has 1 aromatic heterocycles. The number of nitrogens with one attached hydrogen (secondary N) is 1. The average Bonchev–Trinajstić information content (AvgIpc) is 3.06. The van der Waals surface area contributed by atoms with Crippen LogP contribution in [0.5, 0.6) is 0 Å². The van der Waals surface area contributed by atoms with E-state index < -0.39 is 0 Å². The van der Waals surface area contributed by atoms with E-state index in [0.29, 0.717) is 17.3 Å². The quantitative estimate of drug-likeness (QED) is 0.825. The third-order valence-corrected chi connectivity index (χ3v) is 6.17. The smallest absolute Gasteiger partial charge is 0.266 e. The van der Waals surface area contributed by atoms with E-state index in [1.54, 1.807) is 0 Å². The maximum Gasteiger partial charge on any atom is 0.281 e. The van der Waals surface area contributed by atoms with Crippen LogP contribution in [0.2, 0.25) is 0 Å². The number of hydrazone groups is 1. The van der Waals surface area contributed by atoms with Gasteiger partial charge >= 0.3 is 0 Å². The average molecular weight is 276 g/mol. The summed E-state index contributed by atoms with van der Waals surface area (Å²) in [6, 6.07) is 3.71. The molecule has 0 spiro atoms. The normalized spacial score (nSPS) is 33.8. The maximum atomic E-state index is 11.9. The molecule has 1 N–H and O–H groups in total. The lowest BCUT2D eigenvalue weighted by atomic mass is 9.69. The largest absolute Gasteiger partial charge is 0.281 e. The van der Waals surface area contributed by atoms with Gasteiger partial charge in [-0.1, -0.05) is 26.8 Å². The van der Waals surface area contributed by atoms with E-state index in [2.05, 4.69) is 31.3 Å². The van der Waals surface area contributed by atoms with Crippen LogP contribution in [0.15, 0.2) is 22.6 Å². The summed E-state index contributed by atoms with van der Waals surface area (Å²) in [6.45, 7) is 7.05. The number of rotatable bonds is 2. The van der Waals surface area contributed by atoms with Crippen LogP contribution in [0, 0.1) is 23.2 Å². The van der Waals surface area contributed by atoms with Crippen molar-refractivity contribution >= 4 is 23.0 Å². The van der Waals surface area contributed by atoms with Gasteiger partial charge in [-0.25, -0.2) is 5.43 Å². The van der Waals surface area contributed by atoms with Crippen molar-refractivity contribution in [1.29, 1.82) is 0 Å². The van der Waals surface area contributed by atoms with Gasteiger partial charge in [-0.3, -0.25) is 4.79 Å². The highest BCUT2D eigenvalue weighted by atomic mass is 32.1. The number of hydrogen-bond acceptors (Lipinski definition) is 3. The second-order valence-electron chi connectivity index (χ2n) is 6.37. The first-order valence-electron chi connectivity index (χ1n) is 6.90. The lowest BCUT2D eigenvalue weighted by molar-refractivity contribution is 0.0958.